The summed E-state index contributed by atoms with van der Waals surface area (Å²) in [4.78, 5) is 14.4. The Bertz CT molecular complexity index is 440. The highest BCUT2D eigenvalue weighted by Crippen LogP contribution is 2.19. The van der Waals surface area contributed by atoms with Gasteiger partial charge in [-0.3, -0.25) is 4.79 Å². The van der Waals surface area contributed by atoms with Gasteiger partial charge in [0.05, 0.1) is 7.11 Å². The van der Waals surface area contributed by atoms with Crippen molar-refractivity contribution in [2.75, 3.05) is 33.8 Å². The highest BCUT2D eigenvalue weighted by molar-refractivity contribution is 5.94. The van der Waals surface area contributed by atoms with E-state index in [0.717, 1.165) is 18.9 Å². The molecule has 1 aliphatic heterocycles. The van der Waals surface area contributed by atoms with Gasteiger partial charge in [0.15, 0.2) is 0 Å². The minimum absolute atomic E-state index is 0.0168. The van der Waals surface area contributed by atoms with Gasteiger partial charge in [-0.25, -0.2) is 0 Å². The fourth-order valence-electron chi connectivity index (χ4n) is 2.61. The molecule has 0 aliphatic carbocycles. The van der Waals surface area contributed by atoms with Crippen LogP contribution in [-0.4, -0.2) is 44.6 Å². The maximum Gasteiger partial charge on any atom is 0.251 e. The Labute approximate surface area is 121 Å². The zero-order chi connectivity index (χ0) is 14.4. The number of ether oxygens (including phenoxy) is 1. The first-order chi connectivity index (χ1) is 9.69. The molecular formula is C16H24N2O2. The molecule has 1 fully saturated rings. The van der Waals surface area contributed by atoms with Crippen LogP contribution in [0.1, 0.15) is 29.6 Å². The number of nitrogens with one attached hydrogen (secondary N) is 1. The Balaban J connectivity index is 1.74. The molecular weight excluding hydrogens is 252 g/mol. The first kappa shape index (κ1) is 14.9. The smallest absolute Gasteiger partial charge is 0.251 e. The SMILES string of the molecule is COc1cccc(C(=O)NCCC2CCN(C)CC2)c1. The van der Waals surface area contributed by atoms with Crippen molar-refractivity contribution < 1.29 is 9.53 Å². The summed E-state index contributed by atoms with van der Waals surface area (Å²) in [5.74, 6) is 1.45. The summed E-state index contributed by atoms with van der Waals surface area (Å²) in [7, 11) is 3.78. The van der Waals surface area contributed by atoms with E-state index in [1.54, 1.807) is 13.2 Å². The molecule has 4 nitrogen and oxygen atoms in total. The summed E-state index contributed by atoms with van der Waals surface area (Å²) in [5, 5.41) is 3.00. The highest BCUT2D eigenvalue weighted by Gasteiger charge is 2.16. The zero-order valence-corrected chi connectivity index (χ0v) is 12.4. The van der Waals surface area contributed by atoms with Gasteiger partial charge in [0.1, 0.15) is 5.75 Å². The van der Waals surface area contributed by atoms with Gasteiger partial charge >= 0.3 is 0 Å². The van der Waals surface area contributed by atoms with Gasteiger partial charge in [-0.05, 0) is 63.5 Å². The Morgan fingerprint density at radius 1 is 1.40 bits per heavy atom. The fraction of sp³-hybridized carbons (Fsp3) is 0.562. The fourth-order valence-corrected chi connectivity index (χ4v) is 2.61. The average Bonchev–Trinajstić information content (AvgIpc) is 2.49. The monoisotopic (exact) mass is 276 g/mol. The van der Waals surface area contributed by atoms with Crippen LogP contribution in [0.25, 0.3) is 0 Å². The molecule has 0 radical (unpaired) electrons. The number of amides is 1. The number of hydrogen-bond acceptors (Lipinski definition) is 3. The van der Waals surface area contributed by atoms with E-state index in [1.807, 2.05) is 18.2 Å². The number of carbonyl (C=O) groups is 1. The van der Waals surface area contributed by atoms with Crippen LogP contribution in [0.5, 0.6) is 5.75 Å². The predicted octanol–water partition coefficient (Wildman–Crippen LogP) is 2.16. The van der Waals surface area contributed by atoms with E-state index in [1.165, 1.54) is 25.9 Å². The van der Waals surface area contributed by atoms with Crippen molar-refractivity contribution in [2.45, 2.75) is 19.3 Å². The lowest BCUT2D eigenvalue weighted by Gasteiger charge is -2.28. The second-order valence-electron chi connectivity index (χ2n) is 5.52. The normalized spacial score (nSPS) is 16.9. The summed E-state index contributed by atoms with van der Waals surface area (Å²) in [6, 6.07) is 7.26. The van der Waals surface area contributed by atoms with E-state index in [0.29, 0.717) is 11.3 Å². The number of hydrogen-bond donors (Lipinski definition) is 1. The van der Waals surface area contributed by atoms with Crippen LogP contribution in [0.3, 0.4) is 0 Å². The first-order valence-corrected chi connectivity index (χ1v) is 7.30. The van der Waals surface area contributed by atoms with Crippen molar-refractivity contribution in [2.24, 2.45) is 5.92 Å². The molecule has 1 N–H and O–H groups in total. The van der Waals surface area contributed by atoms with Crippen LogP contribution in [0.15, 0.2) is 24.3 Å². The van der Waals surface area contributed by atoms with Gasteiger partial charge < -0.3 is 15.0 Å². The molecule has 4 heteroatoms. The molecule has 0 spiro atoms. The third-order valence-electron chi connectivity index (χ3n) is 4.01. The number of methoxy groups -OCH3 is 1. The third kappa shape index (κ3) is 4.23. The number of carbonyl (C=O) groups excluding carboxylic acids is 1. The average molecular weight is 276 g/mol. The molecule has 20 heavy (non-hydrogen) atoms. The second-order valence-corrected chi connectivity index (χ2v) is 5.52. The van der Waals surface area contributed by atoms with Crippen molar-refractivity contribution in [1.29, 1.82) is 0 Å². The molecule has 2 rings (SSSR count). The lowest BCUT2D eigenvalue weighted by Crippen LogP contribution is -2.32. The summed E-state index contributed by atoms with van der Waals surface area (Å²) in [5.41, 5.74) is 0.660. The molecule has 0 unspecified atom stereocenters. The van der Waals surface area contributed by atoms with Gasteiger partial charge in [0.2, 0.25) is 0 Å². The molecule has 1 saturated heterocycles. The van der Waals surface area contributed by atoms with Gasteiger partial charge in [-0.2, -0.15) is 0 Å². The van der Waals surface area contributed by atoms with Gasteiger partial charge in [0, 0.05) is 12.1 Å². The molecule has 0 bridgehead atoms. The Hall–Kier alpha value is -1.55. The van der Waals surface area contributed by atoms with E-state index >= 15 is 0 Å². The third-order valence-corrected chi connectivity index (χ3v) is 4.01. The van der Waals surface area contributed by atoms with Crippen LogP contribution in [0.4, 0.5) is 0 Å². The molecule has 1 aromatic rings. The van der Waals surface area contributed by atoms with E-state index in [4.69, 9.17) is 4.74 Å². The van der Waals surface area contributed by atoms with Gasteiger partial charge in [-0.15, -0.1) is 0 Å². The first-order valence-electron chi connectivity index (χ1n) is 7.30. The summed E-state index contributed by atoms with van der Waals surface area (Å²) >= 11 is 0. The van der Waals surface area contributed by atoms with E-state index in [2.05, 4.69) is 17.3 Å². The molecule has 110 valence electrons. The lowest BCUT2D eigenvalue weighted by molar-refractivity contribution is 0.0948. The number of likely N-dealkylation sites (tertiary alicyclic amines) is 1. The summed E-state index contributed by atoms with van der Waals surface area (Å²) in [6.45, 7) is 3.10. The number of nitrogens with zero attached hydrogens (tertiary/aromatic N) is 1. The minimum atomic E-state index is -0.0168. The standard InChI is InChI=1S/C16H24N2O2/c1-18-10-7-13(8-11-18)6-9-17-16(19)14-4-3-5-15(12-14)20-2/h3-5,12-13H,6-11H2,1-2H3,(H,17,19). The van der Waals surface area contributed by atoms with Crippen molar-refractivity contribution in [3.8, 4) is 5.75 Å². The largest absolute Gasteiger partial charge is 0.497 e. The van der Waals surface area contributed by atoms with E-state index in [-0.39, 0.29) is 5.91 Å². The maximum atomic E-state index is 12.0. The molecule has 1 amide bonds. The number of rotatable bonds is 5. The Morgan fingerprint density at radius 3 is 2.85 bits per heavy atom. The second kappa shape index (κ2) is 7.29. The molecule has 0 atom stereocenters. The van der Waals surface area contributed by atoms with Gasteiger partial charge in [-0.1, -0.05) is 6.07 Å². The molecule has 0 aromatic heterocycles. The molecule has 1 aliphatic rings. The van der Waals surface area contributed by atoms with Crippen molar-refractivity contribution >= 4 is 5.91 Å². The van der Waals surface area contributed by atoms with Crippen molar-refractivity contribution in [1.82, 2.24) is 10.2 Å². The summed E-state index contributed by atoms with van der Waals surface area (Å²) < 4.78 is 5.13. The summed E-state index contributed by atoms with van der Waals surface area (Å²) in [6.07, 6.45) is 3.56. The number of piperidine rings is 1. The topological polar surface area (TPSA) is 41.6 Å². The quantitative estimate of drug-likeness (QED) is 0.896. The van der Waals surface area contributed by atoms with Crippen LogP contribution in [0, 0.1) is 5.92 Å². The van der Waals surface area contributed by atoms with Crippen molar-refractivity contribution in [3.05, 3.63) is 29.8 Å². The van der Waals surface area contributed by atoms with Crippen LogP contribution < -0.4 is 10.1 Å². The van der Waals surface area contributed by atoms with Crippen molar-refractivity contribution in [3.63, 3.8) is 0 Å². The Morgan fingerprint density at radius 2 is 2.15 bits per heavy atom. The van der Waals surface area contributed by atoms with Crippen LogP contribution in [0.2, 0.25) is 0 Å². The predicted molar refractivity (Wildman–Crippen MR) is 80.2 cm³/mol. The Kier molecular flexibility index (Phi) is 5.41. The van der Waals surface area contributed by atoms with Gasteiger partial charge in [0.25, 0.3) is 5.91 Å². The van der Waals surface area contributed by atoms with Crippen LogP contribution in [-0.2, 0) is 0 Å². The molecule has 0 saturated carbocycles. The molecule has 1 heterocycles. The van der Waals surface area contributed by atoms with E-state index in [9.17, 15) is 4.79 Å². The number of benzene rings is 1. The minimum Gasteiger partial charge on any atom is -0.497 e. The van der Waals surface area contributed by atoms with Crippen LogP contribution >= 0.6 is 0 Å². The lowest BCUT2D eigenvalue weighted by atomic mass is 9.94. The van der Waals surface area contributed by atoms with E-state index < -0.39 is 0 Å². The molecule has 1 aromatic carbocycles. The maximum absolute atomic E-state index is 12.0. The zero-order valence-electron chi connectivity index (χ0n) is 12.4. The highest BCUT2D eigenvalue weighted by atomic mass is 16.5.